The first kappa shape index (κ1) is 12.3. The molecule has 1 fully saturated rings. The molecule has 18 heavy (non-hydrogen) atoms. The molecule has 1 unspecified atom stereocenters. The molecule has 0 radical (unpaired) electrons. The highest BCUT2D eigenvalue weighted by Gasteiger charge is 2.35. The molecule has 1 aliphatic heterocycles. The summed E-state index contributed by atoms with van der Waals surface area (Å²) in [5.41, 5.74) is 1.14. The lowest BCUT2D eigenvalue weighted by molar-refractivity contribution is -0.145. The molecule has 0 bridgehead atoms. The van der Waals surface area contributed by atoms with E-state index in [4.69, 9.17) is 0 Å². The van der Waals surface area contributed by atoms with E-state index < -0.39 is 5.92 Å². The predicted octanol–water partition coefficient (Wildman–Crippen LogP) is 1.02. The second-order valence-electron chi connectivity index (χ2n) is 4.14. The van der Waals surface area contributed by atoms with Gasteiger partial charge in [0.1, 0.15) is 6.29 Å². The molecule has 0 aromatic heterocycles. The average Bonchev–Trinajstić information content (AvgIpc) is 2.80. The van der Waals surface area contributed by atoms with Crippen molar-refractivity contribution in [2.24, 2.45) is 5.92 Å². The maximum absolute atomic E-state index is 11.8. The fourth-order valence-corrected chi connectivity index (χ4v) is 2.05. The van der Waals surface area contributed by atoms with Crippen LogP contribution in [0.4, 0.5) is 5.69 Å². The fourth-order valence-electron chi connectivity index (χ4n) is 2.05. The van der Waals surface area contributed by atoms with Gasteiger partial charge in [-0.25, -0.2) is 0 Å². The Kier molecular flexibility index (Phi) is 3.41. The summed E-state index contributed by atoms with van der Waals surface area (Å²) in [6, 6.07) is 6.74. The quantitative estimate of drug-likeness (QED) is 0.591. The number of methoxy groups -OCH3 is 1. The van der Waals surface area contributed by atoms with Gasteiger partial charge in [0.25, 0.3) is 0 Å². The van der Waals surface area contributed by atoms with Crippen molar-refractivity contribution in [2.45, 2.75) is 6.42 Å². The van der Waals surface area contributed by atoms with Crippen molar-refractivity contribution in [2.75, 3.05) is 18.6 Å². The third-order valence-electron chi connectivity index (χ3n) is 2.98. The number of hydrogen-bond donors (Lipinski definition) is 0. The number of benzene rings is 1. The van der Waals surface area contributed by atoms with Gasteiger partial charge in [0.15, 0.2) is 0 Å². The number of carbonyl (C=O) groups is 3. The van der Waals surface area contributed by atoms with Gasteiger partial charge < -0.3 is 9.64 Å². The lowest BCUT2D eigenvalue weighted by Crippen LogP contribution is -2.26. The minimum atomic E-state index is -0.428. The van der Waals surface area contributed by atoms with Crippen LogP contribution in [0.2, 0.25) is 0 Å². The molecule has 5 nitrogen and oxygen atoms in total. The molecule has 1 saturated heterocycles. The maximum atomic E-state index is 11.8. The molecule has 1 aromatic rings. The highest BCUT2D eigenvalue weighted by atomic mass is 16.5. The third-order valence-corrected chi connectivity index (χ3v) is 2.98. The Labute approximate surface area is 104 Å². The van der Waals surface area contributed by atoms with E-state index in [2.05, 4.69) is 4.74 Å². The van der Waals surface area contributed by atoms with Crippen LogP contribution in [0, 0.1) is 5.92 Å². The number of rotatable bonds is 3. The first-order valence-corrected chi connectivity index (χ1v) is 5.59. The van der Waals surface area contributed by atoms with Gasteiger partial charge in [-0.05, 0) is 12.1 Å². The monoisotopic (exact) mass is 247 g/mol. The van der Waals surface area contributed by atoms with Crippen molar-refractivity contribution in [3.8, 4) is 0 Å². The number of nitrogens with zero attached hydrogens (tertiary/aromatic N) is 1. The Balaban J connectivity index is 2.21. The lowest BCUT2D eigenvalue weighted by Gasteiger charge is -2.16. The van der Waals surface area contributed by atoms with Gasteiger partial charge in [0.05, 0.1) is 13.0 Å². The summed E-state index contributed by atoms with van der Waals surface area (Å²) in [5, 5.41) is 0. The molecule has 0 N–H and O–H groups in total. The number of anilines is 1. The summed E-state index contributed by atoms with van der Waals surface area (Å²) in [4.78, 5) is 35.4. The largest absolute Gasteiger partial charge is 0.469 e. The molecular formula is C13H13NO4. The van der Waals surface area contributed by atoms with Crippen molar-refractivity contribution in [3.05, 3.63) is 29.8 Å². The van der Waals surface area contributed by atoms with E-state index in [1.54, 1.807) is 24.3 Å². The van der Waals surface area contributed by atoms with Crippen molar-refractivity contribution in [1.82, 2.24) is 0 Å². The first-order chi connectivity index (χ1) is 8.65. The summed E-state index contributed by atoms with van der Waals surface area (Å²) in [7, 11) is 1.31. The van der Waals surface area contributed by atoms with Gasteiger partial charge in [0, 0.05) is 24.2 Å². The highest BCUT2D eigenvalue weighted by Crippen LogP contribution is 2.26. The number of hydrogen-bond acceptors (Lipinski definition) is 4. The van der Waals surface area contributed by atoms with Crippen LogP contribution in [0.1, 0.15) is 16.8 Å². The van der Waals surface area contributed by atoms with Gasteiger partial charge in [-0.2, -0.15) is 0 Å². The molecule has 5 heteroatoms. The van der Waals surface area contributed by atoms with E-state index in [0.29, 0.717) is 17.8 Å². The molecule has 1 atom stereocenters. The Bertz CT molecular complexity index is 498. The predicted molar refractivity (Wildman–Crippen MR) is 64.3 cm³/mol. The Morgan fingerprint density at radius 2 is 2.28 bits per heavy atom. The summed E-state index contributed by atoms with van der Waals surface area (Å²) < 4.78 is 4.64. The van der Waals surface area contributed by atoms with Crippen LogP contribution in [-0.4, -0.2) is 31.8 Å². The van der Waals surface area contributed by atoms with Crippen LogP contribution in [0.15, 0.2) is 24.3 Å². The smallest absolute Gasteiger partial charge is 0.311 e. The Morgan fingerprint density at radius 3 is 2.94 bits per heavy atom. The number of aldehydes is 1. The molecule has 0 saturated carbocycles. The molecule has 1 heterocycles. The first-order valence-electron chi connectivity index (χ1n) is 5.59. The van der Waals surface area contributed by atoms with Gasteiger partial charge in [0.2, 0.25) is 5.91 Å². The molecule has 0 aliphatic carbocycles. The number of carbonyl (C=O) groups excluding carboxylic acids is 3. The van der Waals surface area contributed by atoms with Crippen LogP contribution in [0.3, 0.4) is 0 Å². The van der Waals surface area contributed by atoms with Crippen molar-refractivity contribution in [3.63, 3.8) is 0 Å². The van der Waals surface area contributed by atoms with Crippen molar-refractivity contribution < 1.29 is 19.1 Å². The number of amides is 1. The second-order valence-corrected chi connectivity index (χ2v) is 4.14. The van der Waals surface area contributed by atoms with Crippen molar-refractivity contribution in [1.29, 1.82) is 0 Å². The van der Waals surface area contributed by atoms with E-state index in [0.717, 1.165) is 6.29 Å². The van der Waals surface area contributed by atoms with Gasteiger partial charge in [-0.15, -0.1) is 0 Å². The minimum absolute atomic E-state index is 0.131. The maximum Gasteiger partial charge on any atom is 0.311 e. The number of ether oxygens (including phenoxy) is 1. The second kappa shape index (κ2) is 5.00. The molecule has 94 valence electrons. The summed E-state index contributed by atoms with van der Waals surface area (Å²) >= 11 is 0. The molecule has 0 spiro atoms. The van der Waals surface area contributed by atoms with E-state index in [1.165, 1.54) is 12.0 Å². The topological polar surface area (TPSA) is 63.7 Å². The SMILES string of the molecule is COC(=O)C1CC(=O)N(c2cccc(C=O)c2)C1. The minimum Gasteiger partial charge on any atom is -0.469 e. The Morgan fingerprint density at radius 1 is 1.50 bits per heavy atom. The molecule has 2 rings (SSSR count). The van der Waals surface area contributed by atoms with E-state index in [-0.39, 0.29) is 18.3 Å². The van der Waals surface area contributed by atoms with E-state index in [1.807, 2.05) is 0 Å². The number of esters is 1. The summed E-state index contributed by atoms with van der Waals surface area (Å²) in [6.07, 6.45) is 0.875. The Hall–Kier alpha value is -2.17. The van der Waals surface area contributed by atoms with Gasteiger partial charge >= 0.3 is 5.97 Å². The van der Waals surface area contributed by atoms with Crippen LogP contribution in [0.5, 0.6) is 0 Å². The lowest BCUT2D eigenvalue weighted by atomic mass is 10.1. The normalized spacial score (nSPS) is 18.8. The van der Waals surface area contributed by atoms with Gasteiger partial charge in [-0.1, -0.05) is 12.1 Å². The average molecular weight is 247 g/mol. The molecule has 1 amide bonds. The van der Waals surface area contributed by atoms with Crippen LogP contribution in [0.25, 0.3) is 0 Å². The zero-order valence-electron chi connectivity index (χ0n) is 9.96. The zero-order chi connectivity index (χ0) is 13.1. The van der Waals surface area contributed by atoms with Crippen molar-refractivity contribution >= 4 is 23.9 Å². The highest BCUT2D eigenvalue weighted by molar-refractivity contribution is 5.99. The summed E-state index contributed by atoms with van der Waals surface area (Å²) in [6.45, 7) is 0.299. The molecular weight excluding hydrogens is 234 g/mol. The van der Waals surface area contributed by atoms with E-state index in [9.17, 15) is 14.4 Å². The fraction of sp³-hybridized carbons (Fsp3) is 0.308. The van der Waals surface area contributed by atoms with E-state index >= 15 is 0 Å². The molecule has 1 aliphatic rings. The zero-order valence-corrected chi connectivity index (χ0v) is 9.96. The molecule has 1 aromatic carbocycles. The van der Waals surface area contributed by atoms with Crippen LogP contribution >= 0.6 is 0 Å². The standard InChI is InChI=1S/C13H13NO4/c1-18-13(17)10-6-12(16)14(7-10)11-4-2-3-9(5-11)8-15/h2-5,8,10H,6-7H2,1H3. The third kappa shape index (κ3) is 2.25. The van der Waals surface area contributed by atoms with Crippen LogP contribution < -0.4 is 4.90 Å². The van der Waals surface area contributed by atoms with Crippen LogP contribution in [-0.2, 0) is 14.3 Å². The van der Waals surface area contributed by atoms with Gasteiger partial charge in [-0.3, -0.25) is 14.4 Å². The summed E-state index contributed by atoms with van der Waals surface area (Å²) in [5.74, 6) is -0.937.